The summed E-state index contributed by atoms with van der Waals surface area (Å²) in [4.78, 5) is 117. The number of nitrogens with zero attached hydrogens (tertiary/aromatic N) is 4. The number of aliphatic hydroxyl groups is 1. The summed E-state index contributed by atoms with van der Waals surface area (Å²) in [6.45, 7) is 18.1. The van der Waals surface area contributed by atoms with Crippen LogP contribution in [0.4, 0.5) is 0 Å². The molecule has 7 aromatic heterocycles. The number of rotatable bonds is 33. The fourth-order valence-corrected chi connectivity index (χ4v) is 15.5. The minimum Gasteiger partial charge on any atom is -0.870 e. The number of carboxylic acid groups (broad SMARTS) is 1. The zero-order valence-electron chi connectivity index (χ0n) is 70.0. The number of likely N-dealkylation sites (N-methyl/N-ethyl adjacent to an activating group) is 3. The molecule has 9 N–H and O–H groups in total. The number of carboxylic acids is 1. The van der Waals surface area contributed by atoms with Gasteiger partial charge in [0, 0.05) is 85.1 Å². The molecule has 0 bridgehead atoms. The van der Waals surface area contributed by atoms with Gasteiger partial charge in [-0.25, -0.2) is 4.79 Å². The molecule has 7 heterocycles. The second-order valence-corrected chi connectivity index (χ2v) is 40.4. The zero-order valence-corrected chi connectivity index (χ0v) is 84.9. The van der Waals surface area contributed by atoms with E-state index in [9.17, 15) is 43.2 Å². The molecule has 7 aromatic rings. The average molecular weight is 2010 g/mol. The van der Waals surface area contributed by atoms with Gasteiger partial charge in [-0.3, -0.25) is 38.4 Å². The van der Waals surface area contributed by atoms with Crippen molar-refractivity contribution in [1.82, 2.24) is 25.3 Å². The Balaban J connectivity index is -0.000000322. The van der Waals surface area contributed by atoms with E-state index in [0.29, 0.717) is 80.5 Å². The molecule has 0 saturated heterocycles. The monoisotopic (exact) mass is 2010 g/mol. The molecule has 2 amide bonds. The number of esters is 5. The van der Waals surface area contributed by atoms with E-state index < -0.39 is 21.4 Å². The summed E-state index contributed by atoms with van der Waals surface area (Å²) < 4.78 is 23.3. The molecule has 0 radical (unpaired) electrons. The maximum absolute atomic E-state index is 12.5. The number of thiophene rings is 7. The average Bonchev–Trinajstić information content (AvgIpc) is 1.67. The van der Waals surface area contributed by atoms with Crippen molar-refractivity contribution >= 4 is 214 Å². The van der Waals surface area contributed by atoms with E-state index in [2.05, 4.69) is 51.9 Å². The van der Waals surface area contributed by atoms with Gasteiger partial charge < -0.3 is 80.4 Å². The van der Waals surface area contributed by atoms with Gasteiger partial charge in [0.1, 0.15) is 11.1 Å². The van der Waals surface area contributed by atoms with Crippen molar-refractivity contribution in [2.24, 2.45) is 5.73 Å². The number of alkyl halides is 4. The molecular weight excluding hydrogens is 1890 g/mol. The third-order valence-electron chi connectivity index (χ3n) is 14.1. The standard InChI is InChI=1S/C23H32N2O5S2.C19H26N2O3S2.C11H17NOS.C7H8O2S.C6H6O2S.C4H7BrO2.C4H12N2.CHCl3.CH4O.3ClH.Fe.Na.2H2O/c1-7-30-22(28)14-25(4,5)9-8-24-20(26)12-17-11-19(32-16(17)3)23-18(10-15(2)31-23)13-21(27)29-6;1-12-8-15(11-18(23)24-5)19(25-12)16-9-14(13(2)26-16)10-17(22)20-6-7-21(3)4;1-12(2)6-3-4-11(13)8-10-5-7-14-9-10;1-9-7(8)4-6-2-3-10-5-6;7-6(8)3-5-1-2-9-4-5;1-2-7-4(6)3-5;1-6(2)4-3-5;2-1(3)4;1-2;;;;;;;/h10-11H,7-9,12-14H2,1-6H3;8-9H,6-7,10-11H2,1-5H3,(H,20,22);5,7,9H,3-4,6,8H2,1-2H3;2-3,5H,4H2,1H3;1-2,4H,3H2,(H,7,8);2-3H2,1H3;3-5H2,1-2H3;1H;2H,1H3;3*1H;;;2*1H2/q;;;;;;;;;;;;+3;+1;;/p-3. The Morgan fingerprint density at radius 3 is 1.25 bits per heavy atom. The van der Waals surface area contributed by atoms with Crippen LogP contribution >= 0.6 is 160 Å². The van der Waals surface area contributed by atoms with Crippen molar-refractivity contribution in [3.05, 3.63) is 133 Å². The first-order chi connectivity index (χ1) is 53.7. The number of hydrogen-bond donors (Lipinski definition) is 5. The molecule has 7 rings (SSSR count). The summed E-state index contributed by atoms with van der Waals surface area (Å²) in [5, 5.41) is 33.2. The van der Waals surface area contributed by atoms with Gasteiger partial charge in [-0.1, -0.05) is 50.7 Å². The number of nitrogens with two attached hydrogens (primary N) is 1. The maximum Gasteiger partial charge on any atom is 1.00 e. The van der Waals surface area contributed by atoms with Crippen LogP contribution in [0, 0.1) is 27.7 Å². The Labute approximate surface area is 781 Å². The van der Waals surface area contributed by atoms with Gasteiger partial charge in [0.2, 0.25) is 11.8 Å². The van der Waals surface area contributed by atoms with Crippen molar-refractivity contribution < 1.29 is 133 Å². The van der Waals surface area contributed by atoms with E-state index in [1.165, 1.54) is 32.7 Å². The number of aliphatic hydroxyl groups excluding tert-OH is 1. The summed E-state index contributed by atoms with van der Waals surface area (Å²) >= 11 is 27.4. The smallest absolute Gasteiger partial charge is 0.870 e. The van der Waals surface area contributed by atoms with Crippen LogP contribution in [0.1, 0.15) is 85.1 Å². The number of hydrogen-bond acceptors (Lipinski definition) is 27. The van der Waals surface area contributed by atoms with E-state index in [1.807, 2.05) is 158 Å². The number of nitrogens with one attached hydrogen (secondary N) is 2. The van der Waals surface area contributed by atoms with Crippen molar-refractivity contribution in [2.45, 2.75) is 104 Å². The number of methoxy groups -OCH3 is 3. The summed E-state index contributed by atoms with van der Waals surface area (Å²) in [6, 6.07) is 14.0. The van der Waals surface area contributed by atoms with Gasteiger partial charge in [-0.15, -0.1) is 45.3 Å². The van der Waals surface area contributed by atoms with Crippen molar-refractivity contribution in [3.63, 3.8) is 0 Å². The third kappa shape index (κ3) is 67.9. The van der Waals surface area contributed by atoms with E-state index in [-0.39, 0.29) is 108 Å². The van der Waals surface area contributed by atoms with Crippen molar-refractivity contribution in [1.29, 1.82) is 0 Å². The number of halogens is 7. The summed E-state index contributed by atoms with van der Waals surface area (Å²) in [5.41, 5.74) is 12.2. The van der Waals surface area contributed by atoms with E-state index in [4.69, 9.17) is 95.3 Å². The number of aliphatic carboxylic acids is 1. The summed E-state index contributed by atoms with van der Waals surface area (Å²) in [7, 11) is 35.8. The minimum atomic E-state index is -1.33. The second kappa shape index (κ2) is 75.3. The first-order valence-corrected chi connectivity index (χ1v) is 48.0. The number of ketones is 1. The second-order valence-electron chi connectivity index (χ2n) is 25.1. The van der Waals surface area contributed by atoms with Crippen LogP contribution in [0.2, 0.25) is 0 Å². The number of carbonyl (C=O) groups excluding carboxylic acids is 8. The molecule has 0 fully saturated rings. The maximum atomic E-state index is 12.5. The van der Waals surface area contributed by atoms with Crippen LogP contribution in [0.3, 0.4) is 0 Å². The van der Waals surface area contributed by atoms with Crippen LogP contribution in [0.25, 0.3) is 19.5 Å². The number of Topliss-reactive ketones (excluding diaryl/α,β-unsaturated/α-hetero) is 1. The van der Waals surface area contributed by atoms with Gasteiger partial charge in [0.25, 0.3) is 0 Å². The Morgan fingerprint density at radius 2 is 0.923 bits per heavy atom. The van der Waals surface area contributed by atoms with Gasteiger partial charge in [0.15, 0.2) is 10.8 Å². The Morgan fingerprint density at radius 1 is 0.556 bits per heavy atom. The molecule has 0 aliphatic rings. The molecule has 0 aliphatic heterocycles. The molecule has 25 nitrogen and oxygen atoms in total. The first-order valence-electron chi connectivity index (χ1n) is 34.9. The van der Waals surface area contributed by atoms with Crippen LogP contribution < -0.4 is 45.9 Å². The van der Waals surface area contributed by atoms with Gasteiger partial charge >= 0.3 is 107 Å². The predicted molar refractivity (Wildman–Crippen MR) is 483 cm³/mol. The SMILES string of the molecule is CCOC(=O)CBr.CCOC(=O)C[N+](C)(C)CCNC(=O)Cc1cc(-c2sc(C)cc2CC(=O)OC)sc1C.CN(C)CCCC(=O)Cc1ccsc1.CN(C)CCN.CO.COC(=O)Cc1cc(C)sc1-c1cc(CC(=O)NCCN(C)C)c(C)s1.COC(=O)Cc1ccsc1.ClC(Cl)Cl.O.O=C(O)Cc1ccsc1.[Cl][Fe]([Cl])[Cl].[Na+].[OH-]. The minimum absolute atomic E-state index is 0. The zero-order chi connectivity index (χ0) is 87.5. The molecule has 0 spiro atoms. The third-order valence-corrected chi connectivity index (χ3v) is 21.5. The van der Waals surface area contributed by atoms with E-state index >= 15 is 0 Å². The molecular formula is C76H117BrCl6FeN7NaO18S7+. The molecule has 41 heteroatoms. The Bertz CT molecular complexity index is 3770. The number of carbonyl (C=O) groups is 9. The fraction of sp³-hybridized carbons (Fsp3) is 0.513. The van der Waals surface area contributed by atoms with Crippen molar-refractivity contribution in [2.75, 3.05) is 156 Å². The van der Waals surface area contributed by atoms with Crippen molar-refractivity contribution in [3.8, 4) is 19.5 Å². The van der Waals surface area contributed by atoms with Crippen LogP contribution in [-0.2, 0) is 123 Å². The van der Waals surface area contributed by atoms with Gasteiger partial charge in [-0.2, -0.15) is 34.0 Å². The molecule has 0 saturated carbocycles. The topological polar surface area (TPSA) is 362 Å². The number of aryl methyl sites for hydroxylation is 4. The number of ether oxygens (including phenoxy) is 5. The van der Waals surface area contributed by atoms with Crippen LogP contribution in [0.5, 0.6) is 0 Å². The normalized spacial score (nSPS) is 10.1. The predicted octanol–water partition coefficient (Wildman–Crippen LogP) is 11.3. The molecule has 0 unspecified atom stereocenters. The quantitative estimate of drug-likeness (QED) is 0.00838. The van der Waals surface area contributed by atoms with Crippen LogP contribution in [0.15, 0.2) is 74.7 Å². The Hall–Kier alpha value is -3.25. The largest absolute Gasteiger partial charge is 1.00 e. The van der Waals surface area contributed by atoms with Gasteiger partial charge in [-0.05, 0) is 210 Å². The fourth-order valence-electron chi connectivity index (χ4n) is 8.87. The number of amides is 2. The molecule has 0 atom stereocenters. The first kappa shape index (κ1) is 125. The molecule has 663 valence electrons. The summed E-state index contributed by atoms with van der Waals surface area (Å²) in [6.07, 6.45) is 4.00. The number of quaternary nitrogens is 1. The molecule has 0 aliphatic carbocycles. The summed E-state index contributed by atoms with van der Waals surface area (Å²) in [5.74, 6) is -1.55. The molecule has 0 aromatic carbocycles. The van der Waals surface area contributed by atoms with E-state index in [0.717, 1.165) is 118 Å². The van der Waals surface area contributed by atoms with E-state index in [1.54, 1.807) is 81.9 Å². The molecule has 117 heavy (non-hydrogen) atoms. The van der Waals surface area contributed by atoms with Gasteiger partial charge in [0.05, 0.1) is 100 Å². The Kier molecular flexibility index (Phi) is 80.2. The van der Waals surface area contributed by atoms with Crippen LogP contribution in [-0.4, -0.2) is 254 Å².